The summed E-state index contributed by atoms with van der Waals surface area (Å²) < 4.78 is 40.8. The van der Waals surface area contributed by atoms with E-state index in [1.54, 1.807) is 0 Å². The van der Waals surface area contributed by atoms with Crippen LogP contribution in [0.25, 0.3) is 0 Å². The minimum absolute atomic E-state index is 0.298. The van der Waals surface area contributed by atoms with Crippen molar-refractivity contribution in [2.45, 2.75) is 4.83 Å². The Morgan fingerprint density at radius 3 is 2.06 bits per heavy atom. The standard InChI is InChI=1S/C11H4BrCl2F3S/c12-10(5-3-8(13)18-11(5)14)9-6(16)1-4(15)2-7(9)17/h1-3,10H. The molecule has 0 aliphatic carbocycles. The predicted molar refractivity (Wildman–Crippen MR) is 71.4 cm³/mol. The lowest BCUT2D eigenvalue weighted by Gasteiger charge is -2.11. The van der Waals surface area contributed by atoms with Crippen LogP contribution in [0.4, 0.5) is 13.2 Å². The molecular weight excluding hydrogens is 372 g/mol. The van der Waals surface area contributed by atoms with Gasteiger partial charge in [-0.2, -0.15) is 0 Å². The summed E-state index contributed by atoms with van der Waals surface area (Å²) in [5, 5.41) is 0. The largest absolute Gasteiger partial charge is 0.207 e. The molecule has 1 heterocycles. The second-order valence-corrected chi connectivity index (χ2v) is 6.63. The average Bonchev–Trinajstić information content (AvgIpc) is 2.56. The maximum Gasteiger partial charge on any atom is 0.133 e. The molecular formula is C11H4BrCl2F3S. The second-order valence-electron chi connectivity index (χ2n) is 3.43. The predicted octanol–water partition coefficient (Wildman–Crippen LogP) is 5.96. The van der Waals surface area contributed by atoms with E-state index in [1.165, 1.54) is 6.07 Å². The third-order valence-corrected chi connectivity index (χ3v) is 4.72. The van der Waals surface area contributed by atoms with Crippen LogP contribution in [0.3, 0.4) is 0 Å². The smallest absolute Gasteiger partial charge is 0.133 e. The van der Waals surface area contributed by atoms with Gasteiger partial charge in [0.25, 0.3) is 0 Å². The number of thiophene rings is 1. The molecule has 0 amide bonds. The molecule has 0 saturated carbocycles. The van der Waals surface area contributed by atoms with E-state index in [0.29, 0.717) is 26.4 Å². The zero-order chi connectivity index (χ0) is 13.4. The van der Waals surface area contributed by atoms with Gasteiger partial charge in [0.15, 0.2) is 0 Å². The molecule has 0 aliphatic rings. The Kier molecular flexibility index (Phi) is 4.26. The Hall–Kier alpha value is -0.230. The van der Waals surface area contributed by atoms with Crippen LogP contribution in [-0.4, -0.2) is 0 Å². The van der Waals surface area contributed by atoms with E-state index < -0.39 is 22.3 Å². The summed E-state index contributed by atoms with van der Waals surface area (Å²) in [7, 11) is 0. The minimum atomic E-state index is -0.979. The van der Waals surface area contributed by atoms with Crippen LogP contribution < -0.4 is 0 Å². The number of hydrogen-bond acceptors (Lipinski definition) is 1. The third kappa shape index (κ3) is 2.69. The van der Waals surface area contributed by atoms with Gasteiger partial charge in [0.2, 0.25) is 0 Å². The maximum absolute atomic E-state index is 13.6. The van der Waals surface area contributed by atoms with Crippen LogP contribution >= 0.6 is 50.5 Å². The SMILES string of the molecule is Fc1cc(F)c(C(Br)c2cc(Cl)sc2Cl)c(F)c1. The van der Waals surface area contributed by atoms with Gasteiger partial charge in [-0.15, -0.1) is 11.3 Å². The van der Waals surface area contributed by atoms with Crippen molar-refractivity contribution in [1.29, 1.82) is 0 Å². The van der Waals surface area contributed by atoms with Gasteiger partial charge in [-0.25, -0.2) is 13.2 Å². The summed E-state index contributed by atoms with van der Waals surface area (Å²) >= 11 is 15.9. The fourth-order valence-electron chi connectivity index (χ4n) is 1.48. The minimum Gasteiger partial charge on any atom is -0.207 e. The molecule has 0 N–H and O–H groups in total. The zero-order valence-corrected chi connectivity index (χ0v) is 12.4. The van der Waals surface area contributed by atoms with Crippen molar-refractivity contribution in [1.82, 2.24) is 0 Å². The number of benzene rings is 1. The summed E-state index contributed by atoms with van der Waals surface area (Å²) in [6.07, 6.45) is 0. The molecule has 0 fully saturated rings. The maximum atomic E-state index is 13.6. The Labute approximate surface area is 123 Å². The van der Waals surface area contributed by atoms with Crippen molar-refractivity contribution in [2.75, 3.05) is 0 Å². The highest BCUT2D eigenvalue weighted by molar-refractivity contribution is 9.09. The lowest BCUT2D eigenvalue weighted by molar-refractivity contribution is 0.527. The molecule has 0 radical (unpaired) electrons. The molecule has 1 unspecified atom stereocenters. The monoisotopic (exact) mass is 374 g/mol. The van der Waals surface area contributed by atoms with E-state index in [-0.39, 0.29) is 5.56 Å². The molecule has 96 valence electrons. The van der Waals surface area contributed by atoms with Gasteiger partial charge in [0.05, 0.1) is 13.5 Å². The van der Waals surface area contributed by atoms with Crippen LogP contribution in [0.2, 0.25) is 8.67 Å². The van der Waals surface area contributed by atoms with Crippen molar-refractivity contribution in [3.63, 3.8) is 0 Å². The summed E-state index contributed by atoms with van der Waals surface area (Å²) in [6, 6.07) is 2.75. The number of hydrogen-bond donors (Lipinski definition) is 0. The van der Waals surface area contributed by atoms with E-state index in [0.717, 1.165) is 11.3 Å². The first-order valence-electron chi connectivity index (χ1n) is 4.63. The molecule has 1 aromatic heterocycles. The normalized spacial score (nSPS) is 12.8. The average molecular weight is 376 g/mol. The van der Waals surface area contributed by atoms with Gasteiger partial charge >= 0.3 is 0 Å². The van der Waals surface area contributed by atoms with Gasteiger partial charge in [-0.3, -0.25) is 0 Å². The second kappa shape index (κ2) is 5.41. The van der Waals surface area contributed by atoms with Gasteiger partial charge in [-0.1, -0.05) is 39.1 Å². The molecule has 1 atom stereocenters. The summed E-state index contributed by atoms with van der Waals surface area (Å²) in [6.45, 7) is 0. The van der Waals surface area contributed by atoms with Crippen LogP contribution in [0.5, 0.6) is 0 Å². The number of rotatable bonds is 2. The number of alkyl halides is 1. The highest BCUT2D eigenvalue weighted by Crippen LogP contribution is 2.43. The van der Waals surface area contributed by atoms with Crippen LogP contribution in [0, 0.1) is 17.5 Å². The molecule has 18 heavy (non-hydrogen) atoms. The van der Waals surface area contributed by atoms with E-state index in [2.05, 4.69) is 15.9 Å². The highest BCUT2D eigenvalue weighted by Gasteiger charge is 2.24. The first-order chi connectivity index (χ1) is 8.40. The van der Waals surface area contributed by atoms with Crippen LogP contribution in [-0.2, 0) is 0 Å². The molecule has 7 heteroatoms. The fraction of sp³-hybridized carbons (Fsp3) is 0.0909. The lowest BCUT2D eigenvalue weighted by Crippen LogP contribution is -2.01. The van der Waals surface area contributed by atoms with Crippen molar-refractivity contribution in [3.8, 4) is 0 Å². The topological polar surface area (TPSA) is 0 Å². The molecule has 0 bridgehead atoms. The molecule has 0 spiro atoms. The summed E-state index contributed by atoms with van der Waals surface area (Å²) in [5.41, 5.74) is 0.142. The van der Waals surface area contributed by atoms with Gasteiger partial charge in [0.1, 0.15) is 17.5 Å². The molecule has 2 aromatic rings. The first kappa shape index (κ1) is 14.2. The molecule has 0 aliphatic heterocycles. The van der Waals surface area contributed by atoms with Crippen LogP contribution in [0.15, 0.2) is 18.2 Å². The first-order valence-corrected chi connectivity index (χ1v) is 7.12. The van der Waals surface area contributed by atoms with E-state index in [4.69, 9.17) is 23.2 Å². The summed E-state index contributed by atoms with van der Waals surface area (Å²) in [5.74, 6) is -2.93. The third-order valence-electron chi connectivity index (χ3n) is 2.25. The zero-order valence-electron chi connectivity index (χ0n) is 8.49. The van der Waals surface area contributed by atoms with Crippen molar-refractivity contribution < 1.29 is 13.2 Å². The van der Waals surface area contributed by atoms with Gasteiger partial charge in [-0.05, 0) is 6.07 Å². The van der Waals surface area contributed by atoms with Crippen molar-refractivity contribution in [2.24, 2.45) is 0 Å². The van der Waals surface area contributed by atoms with Gasteiger partial charge in [0, 0.05) is 23.3 Å². The van der Waals surface area contributed by atoms with Crippen molar-refractivity contribution >= 4 is 50.5 Å². The van der Waals surface area contributed by atoms with Crippen molar-refractivity contribution in [3.05, 3.63) is 55.5 Å². The van der Waals surface area contributed by atoms with E-state index in [9.17, 15) is 13.2 Å². The molecule has 0 saturated heterocycles. The quantitative estimate of drug-likeness (QED) is 0.568. The molecule has 2 rings (SSSR count). The van der Waals surface area contributed by atoms with Gasteiger partial charge < -0.3 is 0 Å². The Balaban J connectivity index is 2.52. The highest BCUT2D eigenvalue weighted by atomic mass is 79.9. The Morgan fingerprint density at radius 1 is 1.06 bits per heavy atom. The lowest BCUT2D eigenvalue weighted by atomic mass is 10.1. The van der Waals surface area contributed by atoms with E-state index in [1.807, 2.05) is 0 Å². The van der Waals surface area contributed by atoms with Crippen LogP contribution in [0.1, 0.15) is 16.0 Å². The molecule has 0 nitrogen and oxygen atoms in total. The Morgan fingerprint density at radius 2 is 1.61 bits per heavy atom. The summed E-state index contributed by atoms with van der Waals surface area (Å²) in [4.78, 5) is -0.825. The fourth-order valence-corrected chi connectivity index (χ4v) is 4.09. The van der Waals surface area contributed by atoms with E-state index >= 15 is 0 Å². The molecule has 1 aromatic carbocycles. The number of halogens is 6. The Bertz CT molecular complexity index is 577.